The standard InChI is InChI=1S/C26H34N4O7S2/c1-15(2)23-26(36)29-20-14-39-38-10-4-3-5-18(12-21(32)30-23)37-22(33)13-27-24(34)19(28-25(20)35)11-16-6-8-17(31)9-7-16/h3,5-9,15,18-20,23,31H,4,10-14H2,1-2H3,(H,27,34)(H,28,35)(H,29,36)(H,30,32)/b5-3+/t18?,19-,20?,23?/m1/s1. The van der Waals surface area contributed by atoms with Gasteiger partial charge in [0, 0.05) is 17.9 Å². The Morgan fingerprint density at radius 1 is 0.974 bits per heavy atom. The molecule has 2 aliphatic heterocycles. The Bertz CT molecular complexity index is 1080. The number of phenols is 1. The first-order chi connectivity index (χ1) is 18.6. The molecule has 212 valence electrons. The van der Waals surface area contributed by atoms with Gasteiger partial charge >= 0.3 is 5.97 Å². The summed E-state index contributed by atoms with van der Waals surface area (Å²) in [6.45, 7) is 3.07. The van der Waals surface area contributed by atoms with Gasteiger partial charge in [0.1, 0.15) is 36.5 Å². The molecule has 3 unspecified atom stereocenters. The van der Waals surface area contributed by atoms with Crippen molar-refractivity contribution in [2.24, 2.45) is 5.92 Å². The van der Waals surface area contributed by atoms with Gasteiger partial charge in [-0.1, -0.05) is 53.6 Å². The largest absolute Gasteiger partial charge is 0.508 e. The molecule has 2 aliphatic rings. The van der Waals surface area contributed by atoms with Crippen LogP contribution in [0.15, 0.2) is 36.4 Å². The maximum atomic E-state index is 13.4. The van der Waals surface area contributed by atoms with Crippen molar-refractivity contribution in [1.82, 2.24) is 21.3 Å². The molecule has 1 saturated heterocycles. The van der Waals surface area contributed by atoms with Crippen molar-refractivity contribution >= 4 is 51.2 Å². The van der Waals surface area contributed by atoms with Crippen molar-refractivity contribution in [3.05, 3.63) is 42.0 Å². The molecule has 0 spiro atoms. The van der Waals surface area contributed by atoms with Gasteiger partial charge in [0.25, 0.3) is 0 Å². The molecule has 2 heterocycles. The van der Waals surface area contributed by atoms with E-state index in [9.17, 15) is 29.1 Å². The highest BCUT2D eigenvalue weighted by molar-refractivity contribution is 8.76. The third-order valence-electron chi connectivity index (χ3n) is 6.02. The number of aromatic hydroxyl groups is 1. The van der Waals surface area contributed by atoms with Gasteiger partial charge in [0.2, 0.25) is 23.6 Å². The zero-order valence-electron chi connectivity index (χ0n) is 21.8. The number of allylic oxidation sites excluding steroid dienone is 1. The molecule has 13 heteroatoms. The Morgan fingerprint density at radius 2 is 1.72 bits per heavy atom. The molecule has 5 N–H and O–H groups in total. The molecule has 11 nitrogen and oxygen atoms in total. The molecule has 4 atom stereocenters. The van der Waals surface area contributed by atoms with E-state index in [2.05, 4.69) is 21.3 Å². The van der Waals surface area contributed by atoms with Crippen LogP contribution in [0.1, 0.15) is 32.3 Å². The van der Waals surface area contributed by atoms with Gasteiger partial charge in [-0.25, -0.2) is 0 Å². The second-order valence-corrected chi connectivity index (χ2v) is 12.2. The summed E-state index contributed by atoms with van der Waals surface area (Å²) in [7, 11) is 2.92. The fourth-order valence-electron chi connectivity index (χ4n) is 3.92. The van der Waals surface area contributed by atoms with E-state index in [0.717, 1.165) is 0 Å². The van der Waals surface area contributed by atoms with E-state index in [1.807, 2.05) is 6.08 Å². The van der Waals surface area contributed by atoms with E-state index in [-0.39, 0.29) is 30.3 Å². The monoisotopic (exact) mass is 578 g/mol. The summed E-state index contributed by atoms with van der Waals surface area (Å²) in [5.74, 6) is -2.30. The van der Waals surface area contributed by atoms with E-state index in [4.69, 9.17) is 4.74 Å². The molecule has 3 rings (SSSR count). The predicted octanol–water partition coefficient (Wildman–Crippen LogP) is 0.818. The SMILES string of the molecule is CC(C)C1NC(=O)CC2/C=C/CCSSCC(NC1=O)C(=O)N[C@H](Cc1ccc(O)cc1)C(=O)NCC(=O)O2. The van der Waals surface area contributed by atoms with Gasteiger partial charge < -0.3 is 31.1 Å². The van der Waals surface area contributed by atoms with Crippen LogP contribution < -0.4 is 21.3 Å². The number of phenolic OH excluding ortho intramolecular Hbond substituents is 1. The van der Waals surface area contributed by atoms with E-state index < -0.39 is 60.4 Å². The summed E-state index contributed by atoms with van der Waals surface area (Å²) in [4.78, 5) is 65.2. The van der Waals surface area contributed by atoms with Crippen molar-refractivity contribution in [2.75, 3.05) is 18.1 Å². The first kappa shape index (κ1) is 30.4. The van der Waals surface area contributed by atoms with Gasteiger partial charge in [-0.3, -0.25) is 24.0 Å². The lowest BCUT2D eigenvalue weighted by Gasteiger charge is -2.27. The van der Waals surface area contributed by atoms with Gasteiger partial charge in [-0.15, -0.1) is 0 Å². The highest BCUT2D eigenvalue weighted by Gasteiger charge is 2.32. The van der Waals surface area contributed by atoms with Gasteiger partial charge in [-0.05, 0) is 36.1 Å². The van der Waals surface area contributed by atoms with Crippen LogP contribution in [0.3, 0.4) is 0 Å². The van der Waals surface area contributed by atoms with Crippen LogP contribution in [0.25, 0.3) is 0 Å². The molecule has 2 bridgehead atoms. The highest BCUT2D eigenvalue weighted by Crippen LogP contribution is 2.24. The number of fused-ring (bicyclic) bond motifs is 7. The Hall–Kier alpha value is -3.19. The number of carbonyl (C=O) groups excluding carboxylic acids is 5. The number of hydrogen-bond donors (Lipinski definition) is 5. The summed E-state index contributed by atoms with van der Waals surface area (Å²) in [6.07, 6.45) is 3.07. The summed E-state index contributed by atoms with van der Waals surface area (Å²) in [5.41, 5.74) is 0.662. The molecule has 39 heavy (non-hydrogen) atoms. The van der Waals surface area contributed by atoms with Crippen molar-refractivity contribution in [2.45, 2.75) is 57.3 Å². The molecule has 1 aromatic rings. The highest BCUT2D eigenvalue weighted by atomic mass is 33.1. The third-order valence-corrected chi connectivity index (χ3v) is 8.47. The smallest absolute Gasteiger partial charge is 0.326 e. The molecule has 0 aliphatic carbocycles. The average Bonchev–Trinajstić information content (AvgIpc) is 2.88. The summed E-state index contributed by atoms with van der Waals surface area (Å²) in [6, 6.07) is 3.18. The molecule has 1 fully saturated rings. The molecule has 0 radical (unpaired) electrons. The van der Waals surface area contributed by atoms with Crippen LogP contribution in [-0.2, 0) is 35.1 Å². The van der Waals surface area contributed by atoms with Crippen LogP contribution in [0, 0.1) is 5.92 Å². The number of amides is 4. The lowest BCUT2D eigenvalue weighted by molar-refractivity contribution is -0.148. The molecule has 4 amide bonds. The van der Waals surface area contributed by atoms with Crippen molar-refractivity contribution in [1.29, 1.82) is 0 Å². The number of hydrogen-bond acceptors (Lipinski definition) is 9. The second-order valence-electron chi connectivity index (χ2n) is 9.56. The van der Waals surface area contributed by atoms with E-state index in [1.165, 1.54) is 33.7 Å². The van der Waals surface area contributed by atoms with Crippen molar-refractivity contribution in [3.63, 3.8) is 0 Å². The van der Waals surface area contributed by atoms with E-state index in [1.54, 1.807) is 32.1 Å². The molecular weight excluding hydrogens is 544 g/mol. The predicted molar refractivity (Wildman–Crippen MR) is 149 cm³/mol. The van der Waals surface area contributed by atoms with E-state index in [0.29, 0.717) is 17.7 Å². The summed E-state index contributed by atoms with van der Waals surface area (Å²) >= 11 is 0. The number of carbonyl (C=O) groups is 5. The first-order valence-electron chi connectivity index (χ1n) is 12.7. The summed E-state index contributed by atoms with van der Waals surface area (Å²) in [5, 5.41) is 20.3. The minimum Gasteiger partial charge on any atom is -0.508 e. The molecule has 1 aromatic carbocycles. The molecular formula is C26H34N4O7S2. The van der Waals surface area contributed by atoms with Crippen LogP contribution in [-0.4, -0.2) is 77.0 Å². The number of rotatable bonds is 3. The lowest BCUT2D eigenvalue weighted by atomic mass is 10.0. The maximum Gasteiger partial charge on any atom is 0.326 e. The normalized spacial score (nSPS) is 26.9. The Labute approximate surface area is 235 Å². The van der Waals surface area contributed by atoms with Crippen molar-refractivity contribution in [3.8, 4) is 5.75 Å². The minimum absolute atomic E-state index is 0.0537. The maximum absolute atomic E-state index is 13.4. The van der Waals surface area contributed by atoms with Gasteiger partial charge in [0.15, 0.2) is 0 Å². The Kier molecular flexibility index (Phi) is 11.5. The van der Waals surface area contributed by atoms with Gasteiger partial charge in [-0.2, -0.15) is 0 Å². The van der Waals surface area contributed by atoms with Crippen molar-refractivity contribution < 1.29 is 33.8 Å². The zero-order valence-corrected chi connectivity index (χ0v) is 23.4. The van der Waals surface area contributed by atoms with Crippen LogP contribution in [0.5, 0.6) is 5.75 Å². The van der Waals surface area contributed by atoms with Crippen LogP contribution in [0.4, 0.5) is 0 Å². The number of benzene rings is 1. The number of esters is 1. The Morgan fingerprint density at radius 3 is 2.44 bits per heavy atom. The minimum atomic E-state index is -1.08. The Balaban J connectivity index is 1.96. The van der Waals surface area contributed by atoms with Gasteiger partial charge in [0.05, 0.1) is 6.42 Å². The molecule has 0 aromatic heterocycles. The zero-order chi connectivity index (χ0) is 28.4. The van der Waals surface area contributed by atoms with E-state index >= 15 is 0 Å². The first-order valence-corrected chi connectivity index (χ1v) is 15.2. The summed E-state index contributed by atoms with van der Waals surface area (Å²) < 4.78 is 5.47. The third kappa shape index (κ3) is 9.81. The van der Waals surface area contributed by atoms with Crippen LogP contribution in [0.2, 0.25) is 0 Å². The number of ether oxygens (including phenoxy) is 1. The molecule has 0 saturated carbocycles. The van der Waals surface area contributed by atoms with Crippen LogP contribution >= 0.6 is 21.6 Å². The quantitative estimate of drug-likeness (QED) is 0.199. The topological polar surface area (TPSA) is 163 Å². The average molecular weight is 579 g/mol. The fourth-order valence-corrected chi connectivity index (χ4v) is 6.08. The second kappa shape index (κ2) is 14.8. The lowest BCUT2D eigenvalue weighted by Crippen LogP contribution is -2.59. The fraction of sp³-hybridized carbons (Fsp3) is 0.500. The number of nitrogens with one attached hydrogen (secondary N) is 4.